The van der Waals surface area contributed by atoms with Gasteiger partial charge in [0.15, 0.2) is 5.83 Å². The fourth-order valence-electron chi connectivity index (χ4n) is 7.89. The predicted molar refractivity (Wildman–Crippen MR) is 118 cm³/mol. The van der Waals surface area contributed by atoms with E-state index in [-0.39, 0.29) is 28.7 Å². The van der Waals surface area contributed by atoms with E-state index in [1.165, 1.54) is 0 Å². The van der Waals surface area contributed by atoms with Crippen LogP contribution >= 0.6 is 11.3 Å². The van der Waals surface area contributed by atoms with Crippen molar-refractivity contribution in [3.05, 3.63) is 28.5 Å². The Kier molecular flexibility index (Phi) is 5.03. The first-order valence-corrected chi connectivity index (χ1v) is 12.5. The molecule has 0 radical (unpaired) electrons. The number of halogens is 1. The van der Waals surface area contributed by atoms with Gasteiger partial charge in [0.05, 0.1) is 6.54 Å². The fourth-order valence-corrected chi connectivity index (χ4v) is 8.44. The monoisotopic (exact) mass is 445 g/mol. The number of nitrogens with zero attached hydrogens (tertiary/aromatic N) is 2. The number of nitrogens with one attached hydrogen (secondary N) is 1. The molecule has 5 nitrogen and oxygen atoms in total. The van der Waals surface area contributed by atoms with E-state index in [1.807, 2.05) is 5.38 Å². The molecule has 1 N–H and O–H groups in total. The van der Waals surface area contributed by atoms with Crippen molar-refractivity contribution in [2.24, 2.45) is 34.5 Å². The first kappa shape index (κ1) is 21.1. The summed E-state index contributed by atoms with van der Waals surface area (Å²) >= 11 is 1.56. The van der Waals surface area contributed by atoms with E-state index < -0.39 is 11.7 Å². The van der Waals surface area contributed by atoms with E-state index >= 15 is 0 Å². The van der Waals surface area contributed by atoms with Gasteiger partial charge in [-0.25, -0.2) is 9.37 Å². The van der Waals surface area contributed by atoms with Crippen molar-refractivity contribution in [1.29, 1.82) is 0 Å². The molecule has 31 heavy (non-hydrogen) atoms. The van der Waals surface area contributed by atoms with Gasteiger partial charge in [0.25, 0.3) is 5.91 Å². The van der Waals surface area contributed by atoms with Gasteiger partial charge in [0.2, 0.25) is 5.91 Å². The largest absolute Gasteiger partial charge is 0.349 e. The second-order valence-corrected chi connectivity index (χ2v) is 11.5. The molecule has 2 unspecified atom stereocenters. The van der Waals surface area contributed by atoms with Gasteiger partial charge in [-0.3, -0.25) is 9.59 Å². The molecule has 2 heterocycles. The van der Waals surface area contributed by atoms with Gasteiger partial charge in [-0.2, -0.15) is 0 Å². The highest BCUT2D eigenvalue weighted by atomic mass is 32.1. The van der Waals surface area contributed by atoms with Gasteiger partial charge >= 0.3 is 0 Å². The maximum Gasteiger partial charge on any atom is 0.282 e. The number of thiazole rings is 1. The Labute approximate surface area is 187 Å². The first-order valence-electron chi connectivity index (χ1n) is 11.6. The highest BCUT2D eigenvalue weighted by molar-refractivity contribution is 7.09. The number of amides is 2. The van der Waals surface area contributed by atoms with Crippen LogP contribution in [0.5, 0.6) is 0 Å². The number of aromatic nitrogens is 1. The van der Waals surface area contributed by atoms with E-state index in [2.05, 4.69) is 24.1 Å². The number of hydrogen-bond donors (Lipinski definition) is 1. The summed E-state index contributed by atoms with van der Waals surface area (Å²) in [6, 6.07) is 0.0731. The van der Waals surface area contributed by atoms with Crippen LogP contribution in [0.15, 0.2) is 23.5 Å². The van der Waals surface area contributed by atoms with E-state index in [4.69, 9.17) is 0 Å². The molecule has 1 aliphatic heterocycles. The zero-order valence-corrected chi connectivity index (χ0v) is 19.4. The van der Waals surface area contributed by atoms with Crippen LogP contribution in [-0.2, 0) is 16.1 Å². The molecule has 7 heteroatoms. The standard InChI is InChI=1S/C24H32FN3O2S/c1-23-9-8-16-14(4-7-19-24(16,2)12-18(25)22(30)28(19)3)15(23)5-6-17(23)21(29)27-13-20-26-10-11-31-20/h10-12,14-17,19H,4-9,13H2,1-3H3,(H,27,29)/t14-,15-,16+,17?,19?,23-,24+/m0/s1. The summed E-state index contributed by atoms with van der Waals surface area (Å²) in [5.41, 5.74) is -0.321. The summed E-state index contributed by atoms with van der Waals surface area (Å²) in [6.07, 6.45) is 9.36. The number of carbonyl (C=O) groups excluding carboxylic acids is 2. The highest BCUT2D eigenvalue weighted by Gasteiger charge is 2.62. The molecule has 7 atom stereocenters. The minimum Gasteiger partial charge on any atom is -0.349 e. The molecular weight excluding hydrogens is 413 g/mol. The van der Waals surface area contributed by atoms with Gasteiger partial charge in [0, 0.05) is 36.0 Å². The zero-order valence-electron chi connectivity index (χ0n) is 18.6. The lowest BCUT2D eigenvalue weighted by atomic mass is 9.47. The van der Waals surface area contributed by atoms with Gasteiger partial charge < -0.3 is 10.2 Å². The Morgan fingerprint density at radius 3 is 2.81 bits per heavy atom. The maximum absolute atomic E-state index is 14.5. The minimum absolute atomic E-state index is 0.00400. The molecule has 0 spiro atoms. The zero-order chi connectivity index (χ0) is 22.0. The first-order chi connectivity index (χ1) is 14.8. The highest BCUT2D eigenvalue weighted by Crippen LogP contribution is 2.65. The van der Waals surface area contributed by atoms with Crippen LogP contribution in [0.1, 0.15) is 57.4 Å². The lowest BCUT2D eigenvalue weighted by Crippen LogP contribution is -2.60. The van der Waals surface area contributed by atoms with Crippen molar-refractivity contribution in [1.82, 2.24) is 15.2 Å². The number of likely N-dealkylation sites (N-methyl/N-ethyl adjacent to an activating group) is 1. The summed E-state index contributed by atoms with van der Waals surface area (Å²) in [5.74, 6) is 0.462. The third-order valence-electron chi connectivity index (χ3n) is 9.37. The summed E-state index contributed by atoms with van der Waals surface area (Å²) in [5, 5.41) is 6.00. The second kappa shape index (κ2) is 7.39. The van der Waals surface area contributed by atoms with Gasteiger partial charge in [0.1, 0.15) is 5.01 Å². The number of carbonyl (C=O) groups is 2. The van der Waals surface area contributed by atoms with Crippen LogP contribution in [0.2, 0.25) is 0 Å². The molecule has 2 amide bonds. The quantitative estimate of drug-likeness (QED) is 0.754. The third kappa shape index (κ3) is 3.10. The van der Waals surface area contributed by atoms with Crippen molar-refractivity contribution in [2.75, 3.05) is 7.05 Å². The second-order valence-electron chi connectivity index (χ2n) is 10.6. The van der Waals surface area contributed by atoms with Crippen molar-refractivity contribution >= 4 is 23.2 Å². The van der Waals surface area contributed by atoms with Crippen LogP contribution in [0.4, 0.5) is 4.39 Å². The third-order valence-corrected chi connectivity index (χ3v) is 10.2. The SMILES string of the molecule is CN1C(=O)C(F)=C[C@@]2(C)C1CC[C@@H]1[C@H]2CC[C@]2(C)C(C(=O)NCc3nccs3)CC[C@@H]12. The van der Waals surface area contributed by atoms with Crippen LogP contribution in [0, 0.1) is 34.5 Å². The Morgan fingerprint density at radius 1 is 1.26 bits per heavy atom. The summed E-state index contributed by atoms with van der Waals surface area (Å²) in [7, 11) is 1.75. The lowest BCUT2D eigenvalue weighted by molar-refractivity contribution is -0.145. The van der Waals surface area contributed by atoms with Crippen LogP contribution in [0.3, 0.4) is 0 Å². The topological polar surface area (TPSA) is 62.3 Å². The summed E-state index contributed by atoms with van der Waals surface area (Å²) in [6.45, 7) is 4.98. The Balaban J connectivity index is 1.36. The van der Waals surface area contributed by atoms with Gasteiger partial charge in [-0.05, 0) is 67.8 Å². The molecule has 1 aromatic heterocycles. The van der Waals surface area contributed by atoms with E-state index in [0.29, 0.717) is 24.3 Å². The van der Waals surface area contributed by atoms with Crippen molar-refractivity contribution in [2.45, 2.75) is 65.0 Å². The Morgan fingerprint density at radius 2 is 2.06 bits per heavy atom. The Hall–Kier alpha value is -1.76. The molecule has 0 aromatic carbocycles. The van der Waals surface area contributed by atoms with E-state index in [1.54, 1.807) is 35.6 Å². The molecule has 5 rings (SSSR count). The molecule has 1 aromatic rings. The van der Waals surface area contributed by atoms with Crippen molar-refractivity contribution in [3.63, 3.8) is 0 Å². The Bertz CT molecular complexity index is 918. The molecule has 3 aliphatic carbocycles. The molecule has 3 fully saturated rings. The molecule has 168 valence electrons. The van der Waals surface area contributed by atoms with Crippen molar-refractivity contribution in [3.8, 4) is 0 Å². The predicted octanol–water partition coefficient (Wildman–Crippen LogP) is 4.31. The number of hydrogen-bond acceptors (Lipinski definition) is 4. The normalized spacial score (nSPS) is 41.8. The van der Waals surface area contributed by atoms with Crippen LogP contribution in [0.25, 0.3) is 0 Å². The molecule has 3 saturated carbocycles. The smallest absolute Gasteiger partial charge is 0.282 e. The van der Waals surface area contributed by atoms with Crippen LogP contribution in [-0.4, -0.2) is 34.8 Å². The minimum atomic E-state index is -0.596. The molecule has 0 saturated heterocycles. The molecular formula is C24H32FN3O2S. The lowest BCUT2D eigenvalue weighted by Gasteiger charge is -2.60. The molecule has 4 aliphatic rings. The average Bonchev–Trinajstić information content (AvgIpc) is 3.37. The fraction of sp³-hybridized carbons (Fsp3) is 0.708. The maximum atomic E-state index is 14.5. The summed E-state index contributed by atoms with van der Waals surface area (Å²) < 4.78 is 14.5. The number of rotatable bonds is 3. The van der Waals surface area contributed by atoms with E-state index in [9.17, 15) is 14.0 Å². The van der Waals surface area contributed by atoms with Crippen LogP contribution < -0.4 is 5.32 Å². The molecule has 0 bridgehead atoms. The van der Waals surface area contributed by atoms with E-state index in [0.717, 1.165) is 43.5 Å². The van der Waals surface area contributed by atoms with Crippen molar-refractivity contribution < 1.29 is 14.0 Å². The van der Waals surface area contributed by atoms with Gasteiger partial charge in [-0.1, -0.05) is 13.8 Å². The van der Waals surface area contributed by atoms with Gasteiger partial charge in [-0.15, -0.1) is 11.3 Å². The number of fused-ring (bicyclic) bond motifs is 5. The average molecular weight is 446 g/mol. The summed E-state index contributed by atoms with van der Waals surface area (Å²) in [4.78, 5) is 31.3.